The van der Waals surface area contributed by atoms with Gasteiger partial charge in [-0.3, -0.25) is 0 Å². The Morgan fingerprint density at radius 3 is 2.36 bits per heavy atom. The zero-order valence-electron chi connectivity index (χ0n) is 7.52. The van der Waals surface area contributed by atoms with Gasteiger partial charge < -0.3 is 0 Å². The first kappa shape index (κ1) is 8.53. The predicted octanol–water partition coefficient (Wildman–Crippen LogP) is 2.83. The van der Waals surface area contributed by atoms with Gasteiger partial charge in [0.2, 0.25) is 0 Å². The molecule has 1 aromatic rings. The maximum Gasteiger partial charge on any atom is 0.0460 e. The van der Waals surface area contributed by atoms with Crippen molar-refractivity contribution < 1.29 is 0 Å². The fourth-order valence-corrected chi connectivity index (χ4v) is 2.35. The number of benzene rings is 1. The Labute approximate surface area is 70.9 Å². The zero-order chi connectivity index (χ0) is 8.27. The second-order valence-electron chi connectivity index (χ2n) is 3.31. The van der Waals surface area contributed by atoms with Crippen LogP contribution in [-0.2, 0) is 6.04 Å². The minimum atomic E-state index is -0.109. The van der Waals surface area contributed by atoms with Gasteiger partial charge in [-0.15, -0.1) is 0 Å². The summed E-state index contributed by atoms with van der Waals surface area (Å²) in [6, 6.07) is 9.98. The van der Waals surface area contributed by atoms with E-state index < -0.39 is 0 Å². The number of aryl methyl sites for hydroxylation is 1. The summed E-state index contributed by atoms with van der Waals surface area (Å²) in [4.78, 5) is 0. The Morgan fingerprint density at radius 2 is 1.82 bits per heavy atom. The van der Waals surface area contributed by atoms with Gasteiger partial charge in [-0.1, -0.05) is 37.4 Å². The molecule has 0 atom stereocenters. The highest BCUT2D eigenvalue weighted by atomic mass is 28.3. The minimum Gasteiger partial charge on any atom is -0.0710 e. The summed E-state index contributed by atoms with van der Waals surface area (Å²) in [5, 5.41) is 0. The molecule has 0 nitrogen and oxygen atoms in total. The predicted molar refractivity (Wildman–Crippen MR) is 52.4 cm³/mol. The molecule has 0 amide bonds. The van der Waals surface area contributed by atoms with E-state index in [-0.39, 0.29) is 8.80 Å². The Bertz CT molecular complexity index is 228. The quantitative estimate of drug-likeness (QED) is 0.588. The number of hydrogen-bond acceptors (Lipinski definition) is 0. The molecular formula is C10H15Si. The lowest BCUT2D eigenvalue weighted by Crippen LogP contribution is -2.06. The van der Waals surface area contributed by atoms with Crippen molar-refractivity contribution in [3.8, 4) is 0 Å². The summed E-state index contributed by atoms with van der Waals surface area (Å²) in [6.45, 7) is 6.91. The van der Waals surface area contributed by atoms with Crippen LogP contribution >= 0.6 is 0 Å². The fraction of sp³-hybridized carbons (Fsp3) is 0.400. The van der Waals surface area contributed by atoms with Crippen LogP contribution in [0.4, 0.5) is 0 Å². The summed E-state index contributed by atoms with van der Waals surface area (Å²) >= 11 is 0. The molecule has 59 valence electrons. The van der Waals surface area contributed by atoms with Crippen LogP contribution in [0, 0.1) is 6.92 Å². The molecule has 1 heteroatoms. The minimum absolute atomic E-state index is 0.109. The lowest BCUT2D eigenvalue weighted by Gasteiger charge is -2.05. The third kappa shape index (κ3) is 2.50. The van der Waals surface area contributed by atoms with Crippen molar-refractivity contribution in [1.29, 1.82) is 0 Å². The Kier molecular flexibility index (Phi) is 2.89. The van der Waals surface area contributed by atoms with Crippen molar-refractivity contribution in [2.75, 3.05) is 0 Å². The van der Waals surface area contributed by atoms with Crippen LogP contribution in [0.5, 0.6) is 0 Å². The van der Waals surface area contributed by atoms with Gasteiger partial charge >= 0.3 is 0 Å². The third-order valence-corrected chi connectivity index (χ3v) is 2.89. The fourth-order valence-electron chi connectivity index (χ4n) is 1.19. The normalized spacial score (nSPS) is 10.5. The average Bonchev–Trinajstić information content (AvgIpc) is 1.93. The highest BCUT2D eigenvalue weighted by Crippen LogP contribution is 2.08. The lowest BCUT2D eigenvalue weighted by atomic mass is 10.1. The molecule has 0 N–H and O–H groups in total. The van der Waals surface area contributed by atoms with Crippen LogP contribution < -0.4 is 0 Å². The standard InChI is InChI=1S/C10H15Si/c1-9-6-4-5-7-10(9)8-11(2)3/h4-7H,8H2,1-3H3. The first-order valence-electron chi connectivity index (χ1n) is 4.03. The van der Waals surface area contributed by atoms with Crippen LogP contribution in [-0.4, -0.2) is 8.80 Å². The van der Waals surface area contributed by atoms with Crippen molar-refractivity contribution in [3.05, 3.63) is 35.4 Å². The van der Waals surface area contributed by atoms with Crippen LogP contribution in [0.1, 0.15) is 11.1 Å². The van der Waals surface area contributed by atoms with E-state index >= 15 is 0 Å². The molecule has 0 saturated heterocycles. The maximum absolute atomic E-state index is 2.36. The van der Waals surface area contributed by atoms with Gasteiger partial charge in [0, 0.05) is 8.80 Å². The van der Waals surface area contributed by atoms with E-state index in [0.29, 0.717) is 0 Å². The first-order valence-corrected chi connectivity index (χ1v) is 6.74. The van der Waals surface area contributed by atoms with E-state index in [1.807, 2.05) is 0 Å². The summed E-state index contributed by atoms with van der Waals surface area (Å²) < 4.78 is 0. The molecule has 0 aromatic heterocycles. The van der Waals surface area contributed by atoms with Gasteiger partial charge in [0.1, 0.15) is 0 Å². The molecule has 0 aliphatic carbocycles. The molecule has 0 heterocycles. The van der Waals surface area contributed by atoms with Gasteiger partial charge in [-0.05, 0) is 24.1 Å². The Morgan fingerprint density at radius 1 is 1.18 bits per heavy atom. The van der Waals surface area contributed by atoms with E-state index in [1.54, 1.807) is 0 Å². The smallest absolute Gasteiger partial charge is 0.0460 e. The molecule has 0 aliphatic heterocycles. The van der Waals surface area contributed by atoms with Gasteiger partial charge in [-0.2, -0.15) is 0 Å². The Hall–Kier alpha value is -0.563. The summed E-state index contributed by atoms with van der Waals surface area (Å²) in [6.07, 6.45) is 0. The van der Waals surface area contributed by atoms with Crippen molar-refractivity contribution in [3.63, 3.8) is 0 Å². The van der Waals surface area contributed by atoms with Crippen molar-refractivity contribution in [2.45, 2.75) is 26.1 Å². The van der Waals surface area contributed by atoms with E-state index in [1.165, 1.54) is 17.2 Å². The highest BCUT2D eigenvalue weighted by Gasteiger charge is 2.00. The van der Waals surface area contributed by atoms with E-state index in [4.69, 9.17) is 0 Å². The molecule has 1 radical (unpaired) electrons. The second kappa shape index (κ2) is 3.72. The molecule has 11 heavy (non-hydrogen) atoms. The SMILES string of the molecule is Cc1ccccc1C[Si](C)C. The molecule has 0 bridgehead atoms. The zero-order valence-corrected chi connectivity index (χ0v) is 8.52. The van der Waals surface area contributed by atoms with Crippen LogP contribution in [0.2, 0.25) is 13.1 Å². The van der Waals surface area contributed by atoms with Gasteiger partial charge in [0.05, 0.1) is 0 Å². The van der Waals surface area contributed by atoms with Crippen LogP contribution in [0.25, 0.3) is 0 Å². The molecule has 0 fully saturated rings. The van der Waals surface area contributed by atoms with Gasteiger partial charge in [0.15, 0.2) is 0 Å². The van der Waals surface area contributed by atoms with E-state index in [9.17, 15) is 0 Å². The lowest BCUT2D eigenvalue weighted by molar-refractivity contribution is 1.27. The molecule has 0 unspecified atom stereocenters. The highest BCUT2D eigenvalue weighted by molar-refractivity contribution is 6.55. The Balaban J connectivity index is 2.78. The van der Waals surface area contributed by atoms with Crippen LogP contribution in [0.15, 0.2) is 24.3 Å². The average molecular weight is 163 g/mol. The van der Waals surface area contributed by atoms with Crippen molar-refractivity contribution in [2.24, 2.45) is 0 Å². The van der Waals surface area contributed by atoms with Crippen molar-refractivity contribution in [1.82, 2.24) is 0 Å². The monoisotopic (exact) mass is 163 g/mol. The molecule has 0 spiro atoms. The first-order chi connectivity index (χ1) is 5.20. The molecule has 1 rings (SSSR count). The molecule has 1 aromatic carbocycles. The van der Waals surface area contributed by atoms with Gasteiger partial charge in [0.25, 0.3) is 0 Å². The van der Waals surface area contributed by atoms with Crippen LogP contribution in [0.3, 0.4) is 0 Å². The summed E-state index contributed by atoms with van der Waals surface area (Å²) in [5.41, 5.74) is 2.98. The molecular weight excluding hydrogens is 148 g/mol. The number of hydrogen-bond donors (Lipinski definition) is 0. The summed E-state index contributed by atoms with van der Waals surface area (Å²) in [7, 11) is -0.109. The largest absolute Gasteiger partial charge is 0.0710 e. The molecule has 0 aliphatic rings. The van der Waals surface area contributed by atoms with E-state index in [2.05, 4.69) is 44.3 Å². The summed E-state index contributed by atoms with van der Waals surface area (Å²) in [5.74, 6) is 0. The maximum atomic E-state index is 2.36. The van der Waals surface area contributed by atoms with Crippen molar-refractivity contribution >= 4 is 8.80 Å². The van der Waals surface area contributed by atoms with E-state index in [0.717, 1.165) is 0 Å². The third-order valence-electron chi connectivity index (χ3n) is 1.81. The topological polar surface area (TPSA) is 0 Å². The van der Waals surface area contributed by atoms with Gasteiger partial charge in [-0.25, -0.2) is 0 Å². The number of rotatable bonds is 2. The molecule has 0 saturated carbocycles. The second-order valence-corrected chi connectivity index (χ2v) is 6.08.